The van der Waals surface area contributed by atoms with Gasteiger partial charge >= 0.3 is 0 Å². The number of anilines is 4. The number of hydrogen-bond donors (Lipinski definition) is 3. The van der Waals surface area contributed by atoms with E-state index in [1.54, 1.807) is 18.3 Å². The average molecular weight is 1050 g/mol. The Bertz CT molecular complexity index is 3170. The summed E-state index contributed by atoms with van der Waals surface area (Å²) < 4.78 is 69.4. The van der Waals surface area contributed by atoms with Crippen molar-refractivity contribution in [2.24, 2.45) is 11.1 Å². The summed E-state index contributed by atoms with van der Waals surface area (Å²) in [7, 11) is -4.79. The number of amides is 1. The number of nitrogens with zero attached hydrogens (tertiary/aromatic N) is 6. The molecule has 5 aromatic rings. The van der Waals surface area contributed by atoms with E-state index in [9.17, 15) is 14.9 Å². The molecule has 0 unspecified atom stereocenters. The number of nitrogens with two attached hydrogens (primary N) is 1. The molecule has 8 aliphatic rings. The molecule has 3 aromatic carbocycles. The molecule has 1 aliphatic carbocycles. The monoisotopic (exact) mass is 1050 g/mol. The number of ether oxygens (including phenoxy) is 6. The molecular weight excluding hydrogens is 983 g/mol. The number of sulfone groups is 1. The molecule has 20 nitrogen and oxygen atoms in total. The lowest BCUT2D eigenvalue weighted by molar-refractivity contribution is -0.384. The normalized spacial score (nSPS) is 26.5. The van der Waals surface area contributed by atoms with E-state index in [2.05, 4.69) is 37.1 Å². The number of fused-ring (bicyclic) bond motifs is 6. The summed E-state index contributed by atoms with van der Waals surface area (Å²) in [6.45, 7) is 9.87. The van der Waals surface area contributed by atoms with Crippen LogP contribution in [-0.4, -0.2) is 154 Å². The molecule has 0 radical (unpaired) electrons. The lowest BCUT2D eigenvalue weighted by Crippen LogP contribution is -2.58. The Kier molecular flexibility index (Phi) is 12.1. The summed E-state index contributed by atoms with van der Waals surface area (Å²) in [5, 5.41) is 17.2. The Balaban J connectivity index is 0.880. The molecule has 6 atom stereocenters. The summed E-state index contributed by atoms with van der Waals surface area (Å²) in [6, 6.07) is 17.6. The summed E-state index contributed by atoms with van der Waals surface area (Å²) >= 11 is 0. The first-order valence-corrected chi connectivity index (χ1v) is 27.9. The number of hydrogen-bond acceptors (Lipinski definition) is 17. The van der Waals surface area contributed by atoms with E-state index in [1.807, 2.05) is 43.0 Å². The van der Waals surface area contributed by atoms with E-state index in [0.29, 0.717) is 75.5 Å². The van der Waals surface area contributed by atoms with Crippen LogP contribution in [-0.2, 0) is 24.0 Å². The highest BCUT2D eigenvalue weighted by Crippen LogP contribution is 2.56. The fourth-order valence-electron chi connectivity index (χ4n) is 13.5. The van der Waals surface area contributed by atoms with Crippen LogP contribution in [0.4, 0.5) is 28.4 Å². The molecule has 4 N–H and O–H groups in total. The highest BCUT2D eigenvalue weighted by atomic mass is 32.2. The van der Waals surface area contributed by atoms with Crippen molar-refractivity contribution >= 4 is 55.2 Å². The smallest absolute Gasteiger partial charge is 0.297 e. The van der Waals surface area contributed by atoms with Crippen molar-refractivity contribution in [2.75, 3.05) is 87.5 Å². The number of pyridine rings is 1. The number of nitro groups is 1. The van der Waals surface area contributed by atoms with E-state index in [4.69, 9.17) is 39.1 Å². The minimum absolute atomic E-state index is 0.0303. The van der Waals surface area contributed by atoms with E-state index in [-0.39, 0.29) is 87.3 Å². The van der Waals surface area contributed by atoms with Crippen LogP contribution < -0.4 is 35.1 Å². The molecule has 9 heterocycles. The Morgan fingerprint density at radius 3 is 2.59 bits per heavy atom. The number of H-pyrrole nitrogens is 1. The fourth-order valence-corrected chi connectivity index (χ4v) is 15.2. The number of morpholine rings is 2. The van der Waals surface area contributed by atoms with Crippen molar-refractivity contribution in [3.63, 3.8) is 0 Å². The van der Waals surface area contributed by atoms with Crippen LogP contribution in [0.2, 0.25) is 0 Å². The van der Waals surface area contributed by atoms with E-state index in [0.717, 1.165) is 68.0 Å². The zero-order valence-corrected chi connectivity index (χ0v) is 43.0. The first-order chi connectivity index (χ1) is 36.3. The maximum absolute atomic E-state index is 16.2. The summed E-state index contributed by atoms with van der Waals surface area (Å²) in [5.41, 5.74) is 8.58. The molecule has 1 spiro atoms. The average Bonchev–Trinajstić information content (AvgIpc) is 4.18. The third-order valence-electron chi connectivity index (χ3n) is 17.1. The summed E-state index contributed by atoms with van der Waals surface area (Å²) in [4.78, 5) is 42.8. The predicted molar refractivity (Wildman–Crippen MR) is 277 cm³/mol. The fraction of sp³-hybridized carbons (Fsp3) is 0.519. The number of aromatic amines is 1. The molecule has 5 saturated heterocycles. The number of likely N-dealkylation sites (tertiary alicyclic amines) is 1. The molecule has 7 aliphatic heterocycles. The topological polar surface area (TPSA) is 229 Å². The Hall–Kier alpha value is -6.23. The standard InChI is InChI=1S/C54H63N9O11S/c1-31(2)73-45-6-4-3-5-38(45)44-29-70-18-16-61(44)35-23-54(24-35)11-14-59(15-12-54)41-8-7-39(51(55)64)49(62-40-10-17-69-30-47(40)74-53-43(62)19-32-9-13-56-52(32)58-53)50(41)75(67,68)37-21-42(63(65)66)48-46(22-37)72-27-33(57-48)25-60-26-36-20-34(60)28-71-36/h3-9,13,19,21-22,31,33-36,40,44,47,57H,10-12,14-18,20,23-30H2,1-2H3,(H2,55,64)(H,56,58)/t33-,34+,36+,40-,44-,47-/m0/s1. The quantitative estimate of drug-likeness (QED) is 0.0914. The third kappa shape index (κ3) is 8.49. The van der Waals surface area contributed by atoms with Crippen LogP contribution in [0.3, 0.4) is 0 Å². The van der Waals surface area contributed by atoms with Gasteiger partial charge in [0.1, 0.15) is 34.7 Å². The molecule has 396 valence electrons. The number of carbonyl (C=O) groups is 1. The second-order valence-corrected chi connectivity index (χ2v) is 23.9. The molecule has 13 rings (SSSR count). The molecule has 1 saturated carbocycles. The number of carbonyl (C=O) groups excluding carboxylic acids is 1. The maximum Gasteiger partial charge on any atom is 0.297 e. The minimum atomic E-state index is -4.79. The molecule has 6 fully saturated rings. The van der Waals surface area contributed by atoms with Crippen molar-refractivity contribution in [3.05, 3.63) is 88.1 Å². The van der Waals surface area contributed by atoms with Gasteiger partial charge in [0.25, 0.3) is 11.6 Å². The summed E-state index contributed by atoms with van der Waals surface area (Å²) in [5.74, 6) is 0.318. The SMILES string of the molecule is CC(C)Oc1ccccc1[C@@H]1COCCN1C1CC2(CCN(c3ccc(C(N)=O)c(N4c5cc6cc[nH]c6nc5O[C@H]5COCC[C@@H]54)c3S(=O)(=O)c3cc4c(c([N+](=O)[O-])c3)N[C@@H](CN3C[C@H]5C[C@@H]3CO5)CO4)CC2)C1. The van der Waals surface area contributed by atoms with Crippen molar-refractivity contribution in [1.29, 1.82) is 0 Å². The van der Waals surface area contributed by atoms with Crippen LogP contribution in [0.1, 0.15) is 74.3 Å². The van der Waals surface area contributed by atoms with Gasteiger partial charge in [0.05, 0.1) is 83.5 Å². The second-order valence-electron chi connectivity index (χ2n) is 22.0. The van der Waals surface area contributed by atoms with Crippen LogP contribution >= 0.6 is 0 Å². The summed E-state index contributed by atoms with van der Waals surface area (Å²) in [6.07, 6.45) is 6.30. The van der Waals surface area contributed by atoms with Gasteiger partial charge in [-0.1, -0.05) is 18.2 Å². The van der Waals surface area contributed by atoms with Crippen molar-refractivity contribution < 1.29 is 46.6 Å². The minimum Gasteiger partial charge on any atom is -0.491 e. The van der Waals surface area contributed by atoms with Gasteiger partial charge in [-0.25, -0.2) is 8.42 Å². The van der Waals surface area contributed by atoms with E-state index in [1.165, 1.54) is 6.07 Å². The second kappa shape index (κ2) is 18.8. The Labute approximate surface area is 434 Å². The van der Waals surface area contributed by atoms with Gasteiger partial charge in [0.2, 0.25) is 15.7 Å². The molecule has 2 bridgehead atoms. The lowest BCUT2D eigenvalue weighted by Gasteiger charge is -2.57. The molecule has 1 amide bonds. The van der Waals surface area contributed by atoms with Crippen LogP contribution in [0, 0.1) is 15.5 Å². The first kappa shape index (κ1) is 48.4. The predicted octanol–water partition coefficient (Wildman–Crippen LogP) is 6.35. The zero-order valence-electron chi connectivity index (χ0n) is 42.2. The van der Waals surface area contributed by atoms with Gasteiger partial charge in [0.15, 0.2) is 11.4 Å². The van der Waals surface area contributed by atoms with Crippen LogP contribution in [0.5, 0.6) is 17.4 Å². The Morgan fingerprint density at radius 2 is 1.81 bits per heavy atom. The third-order valence-corrected chi connectivity index (χ3v) is 18.9. The largest absolute Gasteiger partial charge is 0.491 e. The number of para-hydroxylation sites is 1. The van der Waals surface area contributed by atoms with Gasteiger partial charge in [-0.05, 0) is 88.1 Å². The van der Waals surface area contributed by atoms with Gasteiger partial charge in [-0.2, -0.15) is 4.98 Å². The number of benzene rings is 3. The number of nitrogens with one attached hydrogen (secondary N) is 2. The van der Waals surface area contributed by atoms with E-state index < -0.39 is 38.5 Å². The number of rotatable bonds is 12. The van der Waals surface area contributed by atoms with Gasteiger partial charge in [0, 0.05) is 80.7 Å². The van der Waals surface area contributed by atoms with Crippen LogP contribution in [0.15, 0.2) is 76.7 Å². The number of aromatic nitrogens is 2. The lowest BCUT2D eigenvalue weighted by atomic mass is 9.59. The number of primary amides is 1. The van der Waals surface area contributed by atoms with Gasteiger partial charge in [-0.3, -0.25) is 24.7 Å². The molecule has 21 heteroatoms. The number of nitro benzene ring substituents is 1. The van der Waals surface area contributed by atoms with Crippen molar-refractivity contribution in [1.82, 2.24) is 19.8 Å². The zero-order chi connectivity index (χ0) is 51.3. The molecule has 75 heavy (non-hydrogen) atoms. The highest BCUT2D eigenvalue weighted by molar-refractivity contribution is 7.91. The van der Waals surface area contributed by atoms with Gasteiger partial charge in [-0.15, -0.1) is 0 Å². The molecule has 2 aromatic heterocycles. The van der Waals surface area contributed by atoms with Gasteiger partial charge < -0.3 is 54.3 Å². The van der Waals surface area contributed by atoms with Crippen molar-refractivity contribution in [2.45, 2.75) is 111 Å². The van der Waals surface area contributed by atoms with Crippen molar-refractivity contribution in [3.8, 4) is 17.4 Å². The first-order valence-electron chi connectivity index (χ1n) is 26.5. The highest BCUT2D eigenvalue weighted by Gasteiger charge is 2.51. The van der Waals surface area contributed by atoms with E-state index >= 15 is 8.42 Å². The molecular formula is C54H63N9O11S. The number of piperidine rings is 1. The Morgan fingerprint density at radius 1 is 0.987 bits per heavy atom. The maximum atomic E-state index is 16.2. The van der Waals surface area contributed by atoms with Crippen LogP contribution in [0.25, 0.3) is 11.0 Å².